The van der Waals surface area contributed by atoms with Crippen molar-refractivity contribution >= 4 is 28.5 Å². The van der Waals surface area contributed by atoms with E-state index in [2.05, 4.69) is 10.3 Å². The number of hydrogen-bond donors (Lipinski definition) is 1. The zero-order valence-corrected chi connectivity index (χ0v) is 10.6. The van der Waals surface area contributed by atoms with Crippen LogP contribution in [0.5, 0.6) is 0 Å². The summed E-state index contributed by atoms with van der Waals surface area (Å²) in [5.74, 6) is -0.0638. The number of aromatic nitrogens is 2. The Labute approximate surface area is 105 Å². The second kappa shape index (κ2) is 4.75. The fourth-order valence-corrected chi connectivity index (χ4v) is 1.82. The maximum Gasteiger partial charge on any atom is 0.251 e. The molecule has 0 atom stereocenters. The molecule has 1 aromatic carbocycles. The number of fused-ring (bicyclic) bond motifs is 1. The van der Waals surface area contributed by atoms with E-state index in [0.29, 0.717) is 17.4 Å². The molecule has 0 spiro atoms. The topological polar surface area (TPSA) is 46.9 Å². The van der Waals surface area contributed by atoms with Crippen molar-refractivity contribution in [2.75, 3.05) is 6.54 Å². The summed E-state index contributed by atoms with van der Waals surface area (Å²) in [6.07, 6.45) is 0.922. The first-order valence-electron chi connectivity index (χ1n) is 5.53. The molecular weight excluding hydrogens is 238 g/mol. The average molecular weight is 252 g/mol. The number of nitrogens with zero attached hydrogens (tertiary/aromatic N) is 2. The molecule has 90 valence electrons. The molecule has 5 heteroatoms. The van der Waals surface area contributed by atoms with Gasteiger partial charge in [0.2, 0.25) is 5.28 Å². The molecule has 2 aromatic rings. The number of halogens is 1. The van der Waals surface area contributed by atoms with Gasteiger partial charge >= 0.3 is 0 Å². The van der Waals surface area contributed by atoms with E-state index in [9.17, 15) is 4.79 Å². The maximum absolute atomic E-state index is 11.8. The van der Waals surface area contributed by atoms with Crippen LogP contribution in [-0.2, 0) is 7.05 Å². The molecule has 1 amide bonds. The van der Waals surface area contributed by atoms with Crippen LogP contribution >= 0.6 is 11.6 Å². The molecule has 1 aromatic heterocycles. The number of nitrogens with one attached hydrogen (secondary N) is 1. The molecule has 0 radical (unpaired) electrons. The zero-order chi connectivity index (χ0) is 12.4. The lowest BCUT2D eigenvalue weighted by Crippen LogP contribution is -2.23. The first-order valence-corrected chi connectivity index (χ1v) is 5.91. The Morgan fingerprint density at radius 1 is 1.53 bits per heavy atom. The number of carbonyl (C=O) groups is 1. The molecule has 1 heterocycles. The highest BCUT2D eigenvalue weighted by Crippen LogP contribution is 2.19. The molecule has 0 aliphatic rings. The van der Waals surface area contributed by atoms with Gasteiger partial charge in [0.1, 0.15) is 0 Å². The Balaban J connectivity index is 2.37. The second-order valence-electron chi connectivity index (χ2n) is 3.90. The fourth-order valence-electron chi connectivity index (χ4n) is 1.64. The van der Waals surface area contributed by atoms with Gasteiger partial charge < -0.3 is 9.88 Å². The molecular formula is C12H14ClN3O. The quantitative estimate of drug-likeness (QED) is 0.910. The van der Waals surface area contributed by atoms with Crippen LogP contribution in [0.3, 0.4) is 0 Å². The van der Waals surface area contributed by atoms with Crippen LogP contribution in [0, 0.1) is 0 Å². The van der Waals surface area contributed by atoms with Crippen LogP contribution in [0.1, 0.15) is 23.7 Å². The van der Waals surface area contributed by atoms with Crippen molar-refractivity contribution in [2.45, 2.75) is 13.3 Å². The van der Waals surface area contributed by atoms with E-state index in [1.165, 1.54) is 0 Å². The van der Waals surface area contributed by atoms with Crippen LogP contribution < -0.4 is 5.32 Å². The van der Waals surface area contributed by atoms with Gasteiger partial charge in [-0.3, -0.25) is 4.79 Å². The number of benzene rings is 1. The number of rotatable bonds is 3. The molecule has 17 heavy (non-hydrogen) atoms. The third-order valence-electron chi connectivity index (χ3n) is 2.62. The number of imidazole rings is 1. The van der Waals surface area contributed by atoms with Crippen molar-refractivity contribution in [1.82, 2.24) is 14.9 Å². The number of aryl methyl sites for hydroxylation is 1. The highest BCUT2D eigenvalue weighted by molar-refractivity contribution is 6.29. The number of amides is 1. The predicted molar refractivity (Wildman–Crippen MR) is 68.3 cm³/mol. The lowest BCUT2D eigenvalue weighted by molar-refractivity contribution is 0.0954. The SMILES string of the molecule is CCCNC(=O)c1ccc2nc(Cl)n(C)c2c1. The summed E-state index contributed by atoms with van der Waals surface area (Å²) < 4.78 is 1.76. The highest BCUT2D eigenvalue weighted by atomic mass is 35.5. The van der Waals surface area contributed by atoms with E-state index in [4.69, 9.17) is 11.6 Å². The van der Waals surface area contributed by atoms with Gasteiger partial charge in [-0.1, -0.05) is 6.92 Å². The van der Waals surface area contributed by atoms with Crippen molar-refractivity contribution in [3.05, 3.63) is 29.0 Å². The van der Waals surface area contributed by atoms with Crippen LogP contribution in [0.15, 0.2) is 18.2 Å². The third kappa shape index (κ3) is 2.26. The Hall–Kier alpha value is -1.55. The molecule has 0 fully saturated rings. The summed E-state index contributed by atoms with van der Waals surface area (Å²) in [4.78, 5) is 16.0. The minimum atomic E-state index is -0.0638. The molecule has 0 saturated carbocycles. The predicted octanol–water partition coefficient (Wildman–Crippen LogP) is 2.37. The number of hydrogen-bond acceptors (Lipinski definition) is 2. The van der Waals surface area contributed by atoms with E-state index in [1.807, 2.05) is 20.0 Å². The molecule has 0 aliphatic carbocycles. The molecule has 2 rings (SSSR count). The van der Waals surface area contributed by atoms with Gasteiger partial charge in [-0.05, 0) is 36.2 Å². The van der Waals surface area contributed by atoms with E-state index in [1.54, 1.807) is 16.7 Å². The first-order chi connectivity index (χ1) is 8.13. The van der Waals surface area contributed by atoms with Gasteiger partial charge in [-0.15, -0.1) is 0 Å². The van der Waals surface area contributed by atoms with Gasteiger partial charge in [0.25, 0.3) is 5.91 Å². The average Bonchev–Trinajstić information content (AvgIpc) is 2.62. The van der Waals surface area contributed by atoms with Crippen LogP contribution in [0.2, 0.25) is 5.28 Å². The summed E-state index contributed by atoms with van der Waals surface area (Å²) >= 11 is 5.92. The zero-order valence-electron chi connectivity index (χ0n) is 9.83. The van der Waals surface area contributed by atoms with Crippen LogP contribution in [0.25, 0.3) is 11.0 Å². The summed E-state index contributed by atoms with van der Waals surface area (Å²) in [7, 11) is 1.82. The standard InChI is InChI=1S/C12H14ClN3O/c1-3-6-14-11(17)8-4-5-9-10(7-8)16(2)12(13)15-9/h4-5,7H,3,6H2,1-2H3,(H,14,17). The van der Waals surface area contributed by atoms with Crippen molar-refractivity contribution in [3.8, 4) is 0 Å². The fraction of sp³-hybridized carbons (Fsp3) is 0.333. The smallest absolute Gasteiger partial charge is 0.251 e. The van der Waals surface area contributed by atoms with Gasteiger partial charge in [-0.25, -0.2) is 4.98 Å². The number of carbonyl (C=O) groups excluding carboxylic acids is 1. The van der Waals surface area contributed by atoms with E-state index >= 15 is 0 Å². The van der Waals surface area contributed by atoms with Crippen molar-refractivity contribution in [1.29, 1.82) is 0 Å². The van der Waals surface area contributed by atoms with Crippen molar-refractivity contribution < 1.29 is 4.79 Å². The molecule has 0 aliphatic heterocycles. The van der Waals surface area contributed by atoms with Gasteiger partial charge in [0, 0.05) is 19.2 Å². The second-order valence-corrected chi connectivity index (χ2v) is 4.24. The maximum atomic E-state index is 11.8. The Kier molecular flexibility index (Phi) is 3.33. The highest BCUT2D eigenvalue weighted by Gasteiger charge is 2.09. The van der Waals surface area contributed by atoms with E-state index in [-0.39, 0.29) is 5.91 Å². The Morgan fingerprint density at radius 2 is 2.29 bits per heavy atom. The monoisotopic (exact) mass is 251 g/mol. The van der Waals surface area contributed by atoms with Gasteiger partial charge in [0.15, 0.2) is 0 Å². The Morgan fingerprint density at radius 3 is 3.00 bits per heavy atom. The summed E-state index contributed by atoms with van der Waals surface area (Å²) in [5, 5.41) is 3.26. The molecule has 1 N–H and O–H groups in total. The lowest BCUT2D eigenvalue weighted by atomic mass is 10.2. The Bertz CT molecular complexity index is 562. The summed E-state index contributed by atoms with van der Waals surface area (Å²) in [6.45, 7) is 2.70. The van der Waals surface area contributed by atoms with Crippen molar-refractivity contribution in [2.24, 2.45) is 7.05 Å². The van der Waals surface area contributed by atoms with Crippen molar-refractivity contribution in [3.63, 3.8) is 0 Å². The van der Waals surface area contributed by atoms with E-state index < -0.39 is 0 Å². The minimum Gasteiger partial charge on any atom is -0.352 e. The minimum absolute atomic E-state index is 0.0638. The van der Waals surface area contributed by atoms with Gasteiger partial charge in [0.05, 0.1) is 11.0 Å². The first kappa shape index (κ1) is 11.9. The molecule has 4 nitrogen and oxygen atoms in total. The van der Waals surface area contributed by atoms with Gasteiger partial charge in [-0.2, -0.15) is 0 Å². The van der Waals surface area contributed by atoms with Crippen LogP contribution in [-0.4, -0.2) is 22.0 Å². The molecule has 0 bridgehead atoms. The normalized spacial score (nSPS) is 10.8. The molecule has 0 unspecified atom stereocenters. The van der Waals surface area contributed by atoms with Crippen LogP contribution in [0.4, 0.5) is 0 Å². The molecule has 0 saturated heterocycles. The summed E-state index contributed by atoms with van der Waals surface area (Å²) in [6, 6.07) is 5.37. The third-order valence-corrected chi connectivity index (χ3v) is 2.96. The van der Waals surface area contributed by atoms with E-state index in [0.717, 1.165) is 17.5 Å². The largest absolute Gasteiger partial charge is 0.352 e. The lowest BCUT2D eigenvalue weighted by Gasteiger charge is -2.03. The summed E-state index contributed by atoms with van der Waals surface area (Å²) in [5.41, 5.74) is 2.29.